The van der Waals surface area contributed by atoms with Crippen molar-refractivity contribution in [1.82, 2.24) is 14.7 Å². The fourth-order valence-corrected chi connectivity index (χ4v) is 2.40. The highest BCUT2D eigenvalue weighted by molar-refractivity contribution is 5.81. The zero-order chi connectivity index (χ0) is 12.8. The van der Waals surface area contributed by atoms with Crippen molar-refractivity contribution in [1.29, 1.82) is 0 Å². The van der Waals surface area contributed by atoms with Crippen molar-refractivity contribution in [2.75, 3.05) is 46.3 Å². The predicted molar refractivity (Wildman–Crippen MR) is 71.1 cm³/mol. The minimum absolute atomic E-state index is 0.0606. The molecular formula is C13H27N3O. The Labute approximate surface area is 106 Å². The Bertz CT molecular complexity index is 241. The van der Waals surface area contributed by atoms with Crippen LogP contribution in [0.2, 0.25) is 0 Å². The van der Waals surface area contributed by atoms with Gasteiger partial charge in [-0.25, -0.2) is 0 Å². The van der Waals surface area contributed by atoms with Crippen LogP contribution in [0.1, 0.15) is 27.2 Å². The number of nitrogens with zero attached hydrogens (tertiary/aromatic N) is 3. The molecule has 0 radical (unpaired) electrons. The maximum Gasteiger partial charge on any atom is 0.239 e. The Balaban J connectivity index is 2.30. The first-order valence-corrected chi connectivity index (χ1v) is 6.81. The molecule has 1 rings (SSSR count). The lowest BCUT2D eigenvalue weighted by molar-refractivity contribution is -0.139. The molecule has 1 fully saturated rings. The second kappa shape index (κ2) is 6.97. The Morgan fingerprint density at radius 2 is 1.94 bits per heavy atom. The van der Waals surface area contributed by atoms with E-state index in [2.05, 4.69) is 23.6 Å². The summed E-state index contributed by atoms with van der Waals surface area (Å²) in [7, 11) is 1.89. The predicted octanol–water partition coefficient (Wildman–Crippen LogP) is 0.881. The summed E-state index contributed by atoms with van der Waals surface area (Å²) in [5, 5.41) is 0. The number of carbonyl (C=O) groups is 1. The van der Waals surface area contributed by atoms with Gasteiger partial charge in [0.25, 0.3) is 0 Å². The van der Waals surface area contributed by atoms with Gasteiger partial charge in [-0.2, -0.15) is 0 Å². The van der Waals surface area contributed by atoms with E-state index in [0.29, 0.717) is 0 Å². The second-order valence-corrected chi connectivity index (χ2v) is 4.85. The molecule has 0 saturated carbocycles. The van der Waals surface area contributed by atoms with Crippen molar-refractivity contribution in [3.05, 3.63) is 0 Å². The van der Waals surface area contributed by atoms with Crippen molar-refractivity contribution in [3.63, 3.8) is 0 Å². The molecule has 1 aliphatic heterocycles. The van der Waals surface area contributed by atoms with Crippen LogP contribution in [0, 0.1) is 0 Å². The summed E-state index contributed by atoms with van der Waals surface area (Å²) < 4.78 is 0. The molecule has 17 heavy (non-hydrogen) atoms. The first-order valence-electron chi connectivity index (χ1n) is 6.81. The van der Waals surface area contributed by atoms with Crippen molar-refractivity contribution < 1.29 is 4.79 Å². The summed E-state index contributed by atoms with van der Waals surface area (Å²) in [4.78, 5) is 18.4. The van der Waals surface area contributed by atoms with Crippen molar-refractivity contribution in [3.8, 4) is 0 Å². The molecule has 1 saturated heterocycles. The second-order valence-electron chi connectivity index (χ2n) is 4.85. The fourth-order valence-electron chi connectivity index (χ4n) is 2.40. The normalized spacial score (nSPS) is 22.5. The first-order chi connectivity index (χ1) is 8.10. The molecule has 0 spiro atoms. The van der Waals surface area contributed by atoms with Crippen molar-refractivity contribution >= 4 is 5.91 Å². The minimum Gasteiger partial charge on any atom is -0.343 e. The molecule has 4 nitrogen and oxygen atoms in total. The number of piperazine rings is 1. The molecule has 0 aromatic carbocycles. The summed E-state index contributed by atoms with van der Waals surface area (Å²) in [6, 6.07) is 0.0606. The van der Waals surface area contributed by atoms with E-state index in [-0.39, 0.29) is 11.9 Å². The van der Waals surface area contributed by atoms with Crippen LogP contribution >= 0.6 is 0 Å². The molecule has 0 aromatic rings. The van der Waals surface area contributed by atoms with Crippen LogP contribution in [-0.4, -0.2) is 73.0 Å². The molecule has 0 aliphatic carbocycles. The molecule has 1 amide bonds. The molecule has 0 aromatic heterocycles. The third kappa shape index (κ3) is 3.96. The maximum atomic E-state index is 11.8. The highest BCUT2D eigenvalue weighted by Gasteiger charge is 2.28. The van der Waals surface area contributed by atoms with Gasteiger partial charge < -0.3 is 9.80 Å². The van der Waals surface area contributed by atoms with Crippen molar-refractivity contribution in [2.45, 2.75) is 33.2 Å². The summed E-state index contributed by atoms with van der Waals surface area (Å²) in [5.74, 6) is 0.263. The number of hydrogen-bond acceptors (Lipinski definition) is 3. The summed E-state index contributed by atoms with van der Waals surface area (Å²) in [5.41, 5.74) is 0. The van der Waals surface area contributed by atoms with Crippen LogP contribution in [-0.2, 0) is 4.79 Å². The van der Waals surface area contributed by atoms with Gasteiger partial charge >= 0.3 is 0 Å². The largest absolute Gasteiger partial charge is 0.343 e. The maximum absolute atomic E-state index is 11.8. The standard InChI is InChI=1S/C13H27N3O/c1-5-15(6-2)8-7-9-16-11-10-14(4)13(17)12(16)3/h12H,5-11H2,1-4H3/t12-/m1/s1. The lowest BCUT2D eigenvalue weighted by Crippen LogP contribution is -2.54. The van der Waals surface area contributed by atoms with E-state index in [0.717, 1.165) is 45.7 Å². The van der Waals surface area contributed by atoms with Crippen molar-refractivity contribution in [2.24, 2.45) is 0 Å². The van der Waals surface area contributed by atoms with Crippen LogP contribution in [0.3, 0.4) is 0 Å². The highest BCUT2D eigenvalue weighted by atomic mass is 16.2. The van der Waals surface area contributed by atoms with E-state index < -0.39 is 0 Å². The number of amides is 1. The van der Waals surface area contributed by atoms with Crippen LogP contribution in [0.5, 0.6) is 0 Å². The van der Waals surface area contributed by atoms with E-state index in [4.69, 9.17) is 0 Å². The summed E-state index contributed by atoms with van der Waals surface area (Å²) in [6.07, 6.45) is 1.16. The van der Waals surface area contributed by atoms with E-state index in [1.807, 2.05) is 18.9 Å². The number of hydrogen-bond donors (Lipinski definition) is 0. The zero-order valence-corrected chi connectivity index (χ0v) is 11.8. The SMILES string of the molecule is CCN(CC)CCCN1CCN(C)C(=O)[C@H]1C. The summed E-state index contributed by atoms with van der Waals surface area (Å²) in [6.45, 7) is 12.7. The van der Waals surface area contributed by atoms with Gasteiger partial charge in [-0.1, -0.05) is 13.8 Å². The number of rotatable bonds is 6. The highest BCUT2D eigenvalue weighted by Crippen LogP contribution is 2.10. The lowest BCUT2D eigenvalue weighted by atomic mass is 10.1. The van der Waals surface area contributed by atoms with Gasteiger partial charge in [-0.3, -0.25) is 9.69 Å². The Morgan fingerprint density at radius 1 is 1.29 bits per heavy atom. The Kier molecular flexibility index (Phi) is 5.92. The lowest BCUT2D eigenvalue weighted by Gasteiger charge is -2.37. The van der Waals surface area contributed by atoms with Crippen LogP contribution in [0.25, 0.3) is 0 Å². The molecule has 0 N–H and O–H groups in total. The van der Waals surface area contributed by atoms with Gasteiger partial charge in [-0.15, -0.1) is 0 Å². The van der Waals surface area contributed by atoms with E-state index in [1.54, 1.807) is 0 Å². The first kappa shape index (κ1) is 14.5. The Hall–Kier alpha value is -0.610. The Morgan fingerprint density at radius 3 is 2.53 bits per heavy atom. The molecule has 100 valence electrons. The average molecular weight is 241 g/mol. The molecular weight excluding hydrogens is 214 g/mol. The monoisotopic (exact) mass is 241 g/mol. The third-order valence-corrected chi connectivity index (χ3v) is 3.82. The smallest absolute Gasteiger partial charge is 0.239 e. The zero-order valence-electron chi connectivity index (χ0n) is 11.8. The van der Waals surface area contributed by atoms with E-state index in [9.17, 15) is 4.79 Å². The van der Waals surface area contributed by atoms with Gasteiger partial charge in [0.1, 0.15) is 0 Å². The van der Waals surface area contributed by atoms with E-state index >= 15 is 0 Å². The van der Waals surface area contributed by atoms with Gasteiger partial charge in [0.05, 0.1) is 6.04 Å². The van der Waals surface area contributed by atoms with Gasteiger partial charge in [0.15, 0.2) is 0 Å². The average Bonchev–Trinajstić information content (AvgIpc) is 2.34. The van der Waals surface area contributed by atoms with Gasteiger partial charge in [-0.05, 0) is 33.0 Å². The summed E-state index contributed by atoms with van der Waals surface area (Å²) >= 11 is 0. The fraction of sp³-hybridized carbons (Fsp3) is 0.923. The quantitative estimate of drug-likeness (QED) is 0.691. The van der Waals surface area contributed by atoms with Gasteiger partial charge in [0, 0.05) is 26.7 Å². The third-order valence-electron chi connectivity index (χ3n) is 3.82. The van der Waals surface area contributed by atoms with Crippen LogP contribution < -0.4 is 0 Å². The van der Waals surface area contributed by atoms with Crippen LogP contribution in [0.4, 0.5) is 0 Å². The molecule has 1 aliphatic rings. The van der Waals surface area contributed by atoms with E-state index in [1.165, 1.54) is 0 Å². The molecule has 4 heteroatoms. The molecule has 1 atom stereocenters. The topological polar surface area (TPSA) is 26.8 Å². The number of carbonyl (C=O) groups excluding carboxylic acids is 1. The molecule has 0 bridgehead atoms. The van der Waals surface area contributed by atoms with Crippen LogP contribution in [0.15, 0.2) is 0 Å². The molecule has 1 heterocycles. The van der Waals surface area contributed by atoms with Gasteiger partial charge in [0.2, 0.25) is 5.91 Å². The molecule has 0 unspecified atom stereocenters. The number of likely N-dealkylation sites (N-methyl/N-ethyl adjacent to an activating group) is 1. The minimum atomic E-state index is 0.0606.